The van der Waals surface area contributed by atoms with Crippen LogP contribution in [-0.4, -0.2) is 48.0 Å². The summed E-state index contributed by atoms with van der Waals surface area (Å²) in [6, 6.07) is 23.8. The van der Waals surface area contributed by atoms with Crippen LogP contribution in [0.5, 0.6) is 0 Å². The Balaban J connectivity index is 1.24. The average Bonchev–Trinajstić information content (AvgIpc) is 2.92. The van der Waals surface area contributed by atoms with E-state index in [1.165, 1.54) is 11.6 Å². The molecule has 0 atom stereocenters. The van der Waals surface area contributed by atoms with Crippen molar-refractivity contribution in [3.05, 3.63) is 101 Å². The maximum Gasteiger partial charge on any atom is 0.254 e. The Morgan fingerprint density at radius 1 is 0.895 bits per heavy atom. The van der Waals surface area contributed by atoms with Crippen LogP contribution in [0.4, 0.5) is 11.4 Å². The summed E-state index contributed by atoms with van der Waals surface area (Å²) < 4.78 is 0. The summed E-state index contributed by atoms with van der Waals surface area (Å²) in [6.45, 7) is 9.17. The van der Waals surface area contributed by atoms with Gasteiger partial charge in [0.25, 0.3) is 5.91 Å². The average molecular weight is 527 g/mol. The zero-order valence-corrected chi connectivity index (χ0v) is 22.9. The number of nitrogens with zero attached hydrogens (tertiary/aromatic N) is 2. The van der Waals surface area contributed by atoms with Crippen LogP contribution in [0.2, 0.25) is 0 Å². The minimum atomic E-state index is -0.287. The van der Waals surface area contributed by atoms with Crippen molar-refractivity contribution in [3.63, 3.8) is 0 Å². The van der Waals surface area contributed by atoms with E-state index in [2.05, 4.69) is 41.5 Å². The number of carbonyl (C=O) groups excluding carboxylic acids is 2. The second kappa shape index (κ2) is 12.5. The van der Waals surface area contributed by atoms with Crippen LogP contribution in [-0.2, 0) is 4.79 Å². The monoisotopic (exact) mass is 526 g/mol. The highest BCUT2D eigenvalue weighted by atomic mass is 32.1. The number of carbonyl (C=O) groups is 2. The topological polar surface area (TPSA) is 64.7 Å². The predicted molar refractivity (Wildman–Crippen MR) is 160 cm³/mol. The van der Waals surface area contributed by atoms with E-state index in [0.717, 1.165) is 41.2 Å². The van der Waals surface area contributed by atoms with Crippen molar-refractivity contribution in [3.8, 4) is 0 Å². The lowest BCUT2D eigenvalue weighted by molar-refractivity contribution is -0.115. The van der Waals surface area contributed by atoms with Gasteiger partial charge in [-0.3, -0.25) is 14.9 Å². The molecule has 38 heavy (non-hydrogen) atoms. The van der Waals surface area contributed by atoms with Crippen LogP contribution in [0.1, 0.15) is 46.8 Å². The Bertz CT molecular complexity index is 1310. The first-order valence-electron chi connectivity index (χ1n) is 12.9. The van der Waals surface area contributed by atoms with Gasteiger partial charge < -0.3 is 15.1 Å². The van der Waals surface area contributed by atoms with Gasteiger partial charge in [-0.05, 0) is 78.2 Å². The molecule has 0 aliphatic carbocycles. The second-order valence-corrected chi connectivity index (χ2v) is 10.1. The van der Waals surface area contributed by atoms with E-state index in [1.54, 1.807) is 6.08 Å². The number of thiocarbonyl (C=S) groups is 1. The third kappa shape index (κ3) is 7.07. The van der Waals surface area contributed by atoms with Crippen molar-refractivity contribution in [1.82, 2.24) is 10.2 Å². The van der Waals surface area contributed by atoms with Crippen molar-refractivity contribution in [2.24, 2.45) is 0 Å². The second-order valence-electron chi connectivity index (χ2n) is 9.74. The number of rotatable bonds is 6. The molecule has 0 spiro atoms. The van der Waals surface area contributed by atoms with E-state index < -0.39 is 0 Å². The fraction of sp³-hybridized carbons (Fsp3) is 0.258. The van der Waals surface area contributed by atoms with E-state index in [9.17, 15) is 9.59 Å². The summed E-state index contributed by atoms with van der Waals surface area (Å²) >= 11 is 5.31. The molecular formula is C31H34N4O2S. The molecule has 1 heterocycles. The molecule has 196 valence electrons. The lowest BCUT2D eigenvalue weighted by atomic mass is 10.0. The summed E-state index contributed by atoms with van der Waals surface area (Å²) in [5, 5.41) is 5.99. The highest BCUT2D eigenvalue weighted by Crippen LogP contribution is 2.21. The number of piperazine rings is 1. The van der Waals surface area contributed by atoms with Crippen LogP contribution in [0.25, 0.3) is 6.08 Å². The van der Waals surface area contributed by atoms with Crippen molar-refractivity contribution in [1.29, 1.82) is 0 Å². The molecule has 6 nitrogen and oxygen atoms in total. The first kappa shape index (κ1) is 27.1. The molecule has 1 fully saturated rings. The van der Waals surface area contributed by atoms with Crippen LogP contribution in [0, 0.1) is 6.92 Å². The third-order valence-corrected chi connectivity index (χ3v) is 6.90. The summed E-state index contributed by atoms with van der Waals surface area (Å²) in [7, 11) is 0. The molecule has 3 aromatic carbocycles. The Kier molecular flexibility index (Phi) is 8.92. The van der Waals surface area contributed by atoms with Gasteiger partial charge in [0, 0.05) is 49.2 Å². The Hall–Kier alpha value is -3.97. The van der Waals surface area contributed by atoms with Gasteiger partial charge in [-0.25, -0.2) is 0 Å². The fourth-order valence-corrected chi connectivity index (χ4v) is 4.60. The molecular weight excluding hydrogens is 492 g/mol. The number of anilines is 2. The van der Waals surface area contributed by atoms with Gasteiger partial charge in [-0.1, -0.05) is 56.3 Å². The molecule has 2 amide bonds. The maximum atomic E-state index is 12.9. The van der Waals surface area contributed by atoms with Crippen molar-refractivity contribution in [2.75, 3.05) is 36.4 Å². The number of nitrogens with one attached hydrogen (secondary N) is 2. The molecule has 0 aromatic heterocycles. The molecule has 4 rings (SSSR count). The smallest absolute Gasteiger partial charge is 0.254 e. The number of amides is 2. The first-order chi connectivity index (χ1) is 18.3. The lowest BCUT2D eigenvalue weighted by Gasteiger charge is -2.36. The van der Waals surface area contributed by atoms with Gasteiger partial charge in [0.05, 0.1) is 0 Å². The Morgan fingerprint density at radius 3 is 2.18 bits per heavy atom. The van der Waals surface area contributed by atoms with Crippen molar-refractivity contribution < 1.29 is 9.59 Å². The van der Waals surface area contributed by atoms with Crippen LogP contribution < -0.4 is 15.5 Å². The van der Waals surface area contributed by atoms with Crippen molar-refractivity contribution >= 4 is 46.6 Å². The minimum absolute atomic E-state index is 0.0942. The van der Waals surface area contributed by atoms with Gasteiger partial charge in [-0.15, -0.1) is 0 Å². The van der Waals surface area contributed by atoms with Crippen molar-refractivity contribution in [2.45, 2.75) is 26.7 Å². The number of aryl methyl sites for hydroxylation is 1. The molecule has 1 aliphatic heterocycles. The first-order valence-corrected chi connectivity index (χ1v) is 13.3. The zero-order chi connectivity index (χ0) is 27.1. The third-order valence-electron chi connectivity index (χ3n) is 6.70. The minimum Gasteiger partial charge on any atom is -0.368 e. The van der Waals surface area contributed by atoms with E-state index >= 15 is 0 Å². The zero-order valence-electron chi connectivity index (χ0n) is 22.1. The summed E-state index contributed by atoms with van der Waals surface area (Å²) in [5.74, 6) is 0.279. The van der Waals surface area contributed by atoms with Crippen LogP contribution in [0.3, 0.4) is 0 Å². The molecule has 3 aromatic rings. The summed E-state index contributed by atoms with van der Waals surface area (Å²) in [4.78, 5) is 29.4. The predicted octanol–water partition coefficient (Wildman–Crippen LogP) is 5.61. The summed E-state index contributed by atoms with van der Waals surface area (Å²) in [6.07, 6.45) is 3.25. The summed E-state index contributed by atoms with van der Waals surface area (Å²) in [5.41, 5.74) is 5.87. The highest BCUT2D eigenvalue weighted by molar-refractivity contribution is 7.80. The SMILES string of the molecule is Cc1ccccc1C(=O)N1CCN(c2ccc(NC(=S)NC(=O)/C=C/c3ccc(C(C)C)cc3)cc2)CC1. The number of hydrogen-bond acceptors (Lipinski definition) is 4. The number of hydrogen-bond donors (Lipinski definition) is 2. The van der Waals surface area contributed by atoms with E-state index in [4.69, 9.17) is 12.2 Å². The fourth-order valence-electron chi connectivity index (χ4n) is 4.39. The lowest BCUT2D eigenvalue weighted by Crippen LogP contribution is -2.48. The highest BCUT2D eigenvalue weighted by Gasteiger charge is 2.23. The molecule has 1 aliphatic rings. The van der Waals surface area contributed by atoms with E-state index in [-0.39, 0.29) is 16.9 Å². The molecule has 0 bridgehead atoms. The van der Waals surface area contributed by atoms with Crippen LogP contribution in [0.15, 0.2) is 78.9 Å². The van der Waals surface area contributed by atoms with Crippen LogP contribution >= 0.6 is 12.2 Å². The van der Waals surface area contributed by atoms with Gasteiger partial charge in [0.2, 0.25) is 5.91 Å². The Labute approximate surface area is 230 Å². The molecule has 1 saturated heterocycles. The molecule has 0 unspecified atom stereocenters. The standard InChI is InChI=1S/C31H34N4O2S/c1-22(2)25-11-8-24(9-12-25)10-17-29(36)33-31(38)32-26-13-15-27(16-14-26)34-18-20-35(21-19-34)30(37)28-7-5-4-6-23(28)3/h4-17,22H,18-21H2,1-3H3,(H2,32,33,36,38)/b17-10+. The van der Waals surface area contributed by atoms with E-state index in [0.29, 0.717) is 19.0 Å². The quantitative estimate of drug-likeness (QED) is 0.323. The maximum absolute atomic E-state index is 12.9. The normalized spacial score (nSPS) is 13.6. The van der Waals surface area contributed by atoms with Gasteiger partial charge in [0.1, 0.15) is 0 Å². The molecule has 0 saturated carbocycles. The van der Waals surface area contributed by atoms with Gasteiger partial charge in [0.15, 0.2) is 5.11 Å². The van der Waals surface area contributed by atoms with E-state index in [1.807, 2.05) is 72.5 Å². The largest absolute Gasteiger partial charge is 0.368 e. The van der Waals surface area contributed by atoms with Gasteiger partial charge in [-0.2, -0.15) is 0 Å². The molecule has 2 N–H and O–H groups in total. The molecule has 0 radical (unpaired) electrons. The molecule has 7 heteroatoms. The van der Waals surface area contributed by atoms with Gasteiger partial charge >= 0.3 is 0 Å². The Morgan fingerprint density at radius 2 is 1.55 bits per heavy atom. The number of benzene rings is 3.